The van der Waals surface area contributed by atoms with Crippen LogP contribution < -0.4 is 0 Å². The number of hydrogen-bond acceptors (Lipinski definition) is 3. The summed E-state index contributed by atoms with van der Waals surface area (Å²) in [6, 6.07) is 3.66. The average molecular weight is 402 g/mol. The van der Waals surface area contributed by atoms with E-state index in [2.05, 4.69) is 20.9 Å². The van der Waals surface area contributed by atoms with Gasteiger partial charge < -0.3 is 4.74 Å². The lowest BCUT2D eigenvalue weighted by Crippen LogP contribution is -2.14. The van der Waals surface area contributed by atoms with Gasteiger partial charge in [0.15, 0.2) is 0 Å². The summed E-state index contributed by atoms with van der Waals surface area (Å²) >= 11 is 3.33. The van der Waals surface area contributed by atoms with Gasteiger partial charge in [-0.1, -0.05) is 30.4 Å². The third-order valence-corrected chi connectivity index (χ3v) is 4.39. The minimum absolute atomic E-state index is 0.0953. The lowest BCUT2D eigenvalue weighted by Gasteiger charge is -2.13. The summed E-state index contributed by atoms with van der Waals surface area (Å²) in [5.41, 5.74) is 1.60. The minimum Gasteiger partial charge on any atom is -0.461 e. The van der Waals surface area contributed by atoms with Crippen molar-refractivity contribution in [1.82, 2.24) is 4.98 Å². The van der Waals surface area contributed by atoms with E-state index < -0.39 is 11.8 Å². The van der Waals surface area contributed by atoms with Crippen molar-refractivity contribution in [3.8, 4) is 0 Å². The summed E-state index contributed by atoms with van der Waals surface area (Å²) in [6.07, 6.45) is 15.1. The molecule has 1 unspecified atom stereocenters. The monoisotopic (exact) mass is 401 g/mol. The van der Waals surface area contributed by atoms with Gasteiger partial charge in [-0.05, 0) is 52.2 Å². The molecule has 3 nitrogen and oxygen atoms in total. The van der Waals surface area contributed by atoms with Crippen molar-refractivity contribution in [2.75, 3.05) is 6.61 Å². The number of carbonyl (C=O) groups excluding carboxylic acids is 1. The van der Waals surface area contributed by atoms with Gasteiger partial charge in [-0.25, -0.2) is 9.18 Å². The van der Waals surface area contributed by atoms with Crippen LogP contribution in [0.15, 0.2) is 76.7 Å². The molecule has 0 N–H and O–H groups in total. The van der Waals surface area contributed by atoms with Crippen LogP contribution in [0.2, 0.25) is 0 Å². The first-order valence-electron chi connectivity index (χ1n) is 8.01. The molecule has 0 aromatic carbocycles. The van der Waals surface area contributed by atoms with E-state index in [9.17, 15) is 9.18 Å². The lowest BCUT2D eigenvalue weighted by atomic mass is 10.0. The van der Waals surface area contributed by atoms with E-state index in [0.29, 0.717) is 11.3 Å². The highest BCUT2D eigenvalue weighted by atomic mass is 79.9. The number of pyridine rings is 1. The summed E-state index contributed by atoms with van der Waals surface area (Å²) in [5.74, 6) is -0.733. The first-order valence-corrected chi connectivity index (χ1v) is 8.80. The Morgan fingerprint density at radius 2 is 2.20 bits per heavy atom. The molecule has 0 bridgehead atoms. The fourth-order valence-corrected chi connectivity index (χ4v) is 2.82. The fraction of sp³-hybridized carbons (Fsp3) is 0.200. The zero-order chi connectivity index (χ0) is 17.6. The molecule has 3 rings (SSSR count). The van der Waals surface area contributed by atoms with Crippen molar-refractivity contribution >= 4 is 27.5 Å². The second-order valence-corrected chi connectivity index (χ2v) is 6.77. The van der Waals surface area contributed by atoms with Crippen LogP contribution in [-0.2, 0) is 9.53 Å². The molecule has 25 heavy (non-hydrogen) atoms. The largest absolute Gasteiger partial charge is 0.461 e. The number of esters is 1. The average Bonchev–Trinajstić information content (AvgIpc) is 2.83. The first-order chi connectivity index (χ1) is 12.1. The van der Waals surface area contributed by atoms with E-state index in [1.165, 1.54) is 6.08 Å². The highest BCUT2D eigenvalue weighted by Crippen LogP contribution is 2.27. The Kier molecular flexibility index (Phi) is 5.76. The highest BCUT2D eigenvalue weighted by Gasteiger charge is 2.16. The van der Waals surface area contributed by atoms with Crippen molar-refractivity contribution in [3.63, 3.8) is 0 Å². The molecule has 1 aromatic heterocycles. The molecule has 128 valence electrons. The number of ether oxygens (including phenoxy) is 1. The Morgan fingerprint density at radius 1 is 1.32 bits per heavy atom. The van der Waals surface area contributed by atoms with Gasteiger partial charge in [0.25, 0.3) is 0 Å². The van der Waals surface area contributed by atoms with Gasteiger partial charge in [0, 0.05) is 23.0 Å². The summed E-state index contributed by atoms with van der Waals surface area (Å²) < 4.78 is 20.4. The zero-order valence-electron chi connectivity index (χ0n) is 13.5. The van der Waals surface area contributed by atoms with Gasteiger partial charge in [-0.15, -0.1) is 0 Å². The van der Waals surface area contributed by atoms with Crippen LogP contribution in [0.5, 0.6) is 0 Å². The van der Waals surface area contributed by atoms with E-state index in [0.717, 1.165) is 10.9 Å². The van der Waals surface area contributed by atoms with Crippen LogP contribution in [0.1, 0.15) is 18.5 Å². The maximum absolute atomic E-state index is 14.2. The molecular formula is C20H17BrFNO2. The number of hydrogen-bond donors (Lipinski definition) is 0. The minimum atomic E-state index is -0.514. The third kappa shape index (κ3) is 4.86. The Labute approximate surface area is 154 Å². The van der Waals surface area contributed by atoms with Gasteiger partial charge in [-0.3, -0.25) is 4.98 Å². The second kappa shape index (κ2) is 8.21. The quantitative estimate of drug-likeness (QED) is 0.659. The maximum atomic E-state index is 14.2. The summed E-state index contributed by atoms with van der Waals surface area (Å²) in [7, 11) is 0. The Hall–Kier alpha value is -2.27. The molecule has 1 heterocycles. The number of halogens is 2. The van der Waals surface area contributed by atoms with Crippen molar-refractivity contribution in [1.29, 1.82) is 0 Å². The van der Waals surface area contributed by atoms with Crippen LogP contribution in [0.4, 0.5) is 4.39 Å². The molecule has 1 atom stereocenters. The molecule has 0 radical (unpaired) electrons. The summed E-state index contributed by atoms with van der Waals surface area (Å²) in [4.78, 5) is 16.5. The smallest absolute Gasteiger partial charge is 0.338 e. The van der Waals surface area contributed by atoms with Crippen molar-refractivity contribution in [3.05, 3.63) is 82.4 Å². The number of rotatable bonds is 4. The second-order valence-electron chi connectivity index (χ2n) is 5.85. The van der Waals surface area contributed by atoms with Crippen molar-refractivity contribution in [2.24, 2.45) is 5.92 Å². The maximum Gasteiger partial charge on any atom is 0.338 e. The zero-order valence-corrected chi connectivity index (χ0v) is 15.1. The molecule has 0 spiro atoms. The molecule has 0 aliphatic heterocycles. The number of aromatic nitrogens is 1. The topological polar surface area (TPSA) is 39.2 Å². The van der Waals surface area contributed by atoms with Crippen molar-refractivity contribution < 1.29 is 13.9 Å². The predicted molar refractivity (Wildman–Crippen MR) is 99.2 cm³/mol. The molecule has 0 saturated heterocycles. The van der Waals surface area contributed by atoms with Crippen LogP contribution in [0.25, 0.3) is 5.57 Å². The fourth-order valence-electron chi connectivity index (χ4n) is 2.59. The molecule has 0 saturated carbocycles. The Morgan fingerprint density at radius 3 is 2.92 bits per heavy atom. The van der Waals surface area contributed by atoms with E-state index in [4.69, 9.17) is 4.74 Å². The Balaban J connectivity index is 1.71. The van der Waals surface area contributed by atoms with Gasteiger partial charge in [0.2, 0.25) is 0 Å². The molecular weight excluding hydrogens is 385 g/mol. The van der Waals surface area contributed by atoms with Crippen LogP contribution >= 0.6 is 15.9 Å². The SMILES string of the molecule is O=C(OCC1C=CC=CC1)C1=CC=C(c2ccc(Br)cn2)CC(F)=C1. The highest BCUT2D eigenvalue weighted by molar-refractivity contribution is 9.10. The lowest BCUT2D eigenvalue weighted by molar-refractivity contribution is -0.139. The number of allylic oxidation sites excluding steroid dienone is 7. The van der Waals surface area contributed by atoms with Gasteiger partial charge >= 0.3 is 5.97 Å². The third-order valence-electron chi connectivity index (χ3n) is 3.93. The van der Waals surface area contributed by atoms with E-state index >= 15 is 0 Å². The standard InChI is InChI=1S/C20H17BrFNO2/c21-17-8-9-19(23-12-17)15-6-7-16(11-18(22)10-15)20(24)25-13-14-4-2-1-3-5-14/h1-4,6-9,11-12,14H,5,10,13H2. The van der Waals surface area contributed by atoms with Crippen LogP contribution in [0.3, 0.4) is 0 Å². The van der Waals surface area contributed by atoms with Crippen LogP contribution in [0, 0.1) is 5.92 Å². The number of carbonyl (C=O) groups is 1. The van der Waals surface area contributed by atoms with E-state index in [1.54, 1.807) is 18.3 Å². The molecule has 2 aliphatic rings. The van der Waals surface area contributed by atoms with E-state index in [-0.39, 0.29) is 24.5 Å². The molecule has 1 aromatic rings. The van der Waals surface area contributed by atoms with Crippen LogP contribution in [-0.4, -0.2) is 17.6 Å². The Bertz CT molecular complexity index is 803. The molecule has 5 heteroatoms. The van der Waals surface area contributed by atoms with Gasteiger partial charge in [0.1, 0.15) is 5.83 Å². The summed E-state index contributed by atoms with van der Waals surface area (Å²) in [6.45, 7) is 0.289. The van der Waals surface area contributed by atoms with Crippen molar-refractivity contribution in [2.45, 2.75) is 12.8 Å². The summed E-state index contributed by atoms with van der Waals surface area (Å²) in [5, 5.41) is 0. The normalized spacial score (nSPS) is 19.6. The van der Waals surface area contributed by atoms with E-state index in [1.807, 2.05) is 36.4 Å². The first kappa shape index (κ1) is 17.5. The number of nitrogens with zero attached hydrogens (tertiary/aromatic N) is 1. The predicted octanol–water partition coefficient (Wildman–Crippen LogP) is 5.09. The van der Waals surface area contributed by atoms with Gasteiger partial charge in [-0.2, -0.15) is 0 Å². The van der Waals surface area contributed by atoms with Gasteiger partial charge in [0.05, 0.1) is 17.9 Å². The molecule has 2 aliphatic carbocycles. The molecule has 0 fully saturated rings. The molecule has 0 amide bonds.